The minimum atomic E-state index is -3.73. The summed E-state index contributed by atoms with van der Waals surface area (Å²) in [6, 6.07) is 7.70. The molecule has 2 aliphatic rings. The van der Waals surface area contributed by atoms with E-state index in [1.165, 1.54) is 6.92 Å². The number of rotatable bonds is 12. The number of amides is 2. The van der Waals surface area contributed by atoms with Crippen molar-refractivity contribution in [2.75, 3.05) is 13.2 Å². The number of hydrogen-bond donors (Lipinski definition) is 4. The highest BCUT2D eigenvalue weighted by atomic mass is 35.5. The predicted octanol–water partition coefficient (Wildman–Crippen LogP) is 5.57. The maximum absolute atomic E-state index is 13.2. The standard InChI is InChI=1S/C26H38N4O5S.C5H9Cl.C2H6/c1-4-18(2)23-21(26(30-36(23,33)34)13-9-6-10-14-26)15-28-25(32)22(29-24(31)19(3)27)17-35-16-20-11-7-5-8-12-20;1-3-4-5(2)6;1-2/h5,7-8,11-12,19,22,30H,2,4,6,9-10,13-17,27H2,1,3H3,(H,28,32)(H,29,31);4H,3H2,1-2H3;1-2H3/b;5-4+;/t19?,22-;;/m1../s1. The van der Waals surface area contributed by atoms with Gasteiger partial charge in [-0.25, -0.2) is 13.1 Å². The van der Waals surface area contributed by atoms with Crippen LogP contribution in [0.15, 0.2) is 64.1 Å². The second kappa shape index (κ2) is 19.8. The quantitative estimate of drug-likeness (QED) is 0.233. The van der Waals surface area contributed by atoms with Crippen LogP contribution in [0.5, 0.6) is 0 Å². The number of nitrogens with one attached hydrogen (secondary N) is 3. The van der Waals surface area contributed by atoms with Gasteiger partial charge in [0.1, 0.15) is 6.04 Å². The van der Waals surface area contributed by atoms with Gasteiger partial charge in [0.2, 0.25) is 21.8 Å². The number of allylic oxidation sites excluding steroid dienone is 3. The Morgan fingerprint density at radius 1 is 1.14 bits per heavy atom. The number of halogens is 1. The van der Waals surface area contributed by atoms with Crippen LogP contribution in [0.3, 0.4) is 0 Å². The van der Waals surface area contributed by atoms with Crippen molar-refractivity contribution in [3.63, 3.8) is 0 Å². The zero-order chi connectivity index (χ0) is 33.3. The summed E-state index contributed by atoms with van der Waals surface area (Å²) in [5.41, 5.74) is 7.07. The Bertz CT molecular complexity index is 1240. The van der Waals surface area contributed by atoms with Gasteiger partial charge in [-0.05, 0) is 56.2 Å². The molecule has 1 aromatic rings. The fraction of sp³-hybridized carbons (Fsp3) is 0.576. The molecule has 5 N–H and O–H groups in total. The van der Waals surface area contributed by atoms with Crippen LogP contribution in [0.2, 0.25) is 0 Å². The smallest absolute Gasteiger partial charge is 0.245 e. The van der Waals surface area contributed by atoms with Gasteiger partial charge in [0.15, 0.2) is 0 Å². The SMILES string of the molecule is C=C(CC)C1=C(CNC(=O)[C@@H](COCc2ccccc2)NC(=O)C(C)N)C2(CCCCC2)NS1(=O)=O.CC.CC/C=C(\C)Cl. The molecule has 9 nitrogen and oxygen atoms in total. The van der Waals surface area contributed by atoms with E-state index in [-0.39, 0.29) is 24.7 Å². The van der Waals surface area contributed by atoms with Crippen molar-refractivity contribution in [2.24, 2.45) is 5.73 Å². The van der Waals surface area contributed by atoms with E-state index in [2.05, 4.69) is 28.9 Å². The van der Waals surface area contributed by atoms with E-state index in [0.29, 0.717) is 30.4 Å². The third kappa shape index (κ3) is 12.1. The molecule has 1 spiro atoms. The molecule has 3 rings (SSSR count). The molecule has 1 unspecified atom stereocenters. The number of benzene rings is 1. The molecule has 0 saturated heterocycles. The van der Waals surface area contributed by atoms with E-state index in [0.717, 1.165) is 36.3 Å². The Balaban J connectivity index is 0.00000108. The van der Waals surface area contributed by atoms with Gasteiger partial charge in [0.25, 0.3) is 0 Å². The largest absolute Gasteiger partial charge is 0.374 e. The van der Waals surface area contributed by atoms with Crippen molar-refractivity contribution in [3.8, 4) is 0 Å². The van der Waals surface area contributed by atoms with Crippen molar-refractivity contribution in [2.45, 2.75) is 111 Å². The summed E-state index contributed by atoms with van der Waals surface area (Å²) in [6.45, 7) is 15.6. The van der Waals surface area contributed by atoms with Crippen molar-refractivity contribution >= 4 is 33.4 Å². The van der Waals surface area contributed by atoms with Crippen LogP contribution in [0.25, 0.3) is 0 Å². The molecule has 0 aromatic heterocycles. The van der Waals surface area contributed by atoms with Gasteiger partial charge in [-0.15, -0.1) is 0 Å². The zero-order valence-corrected chi connectivity index (χ0v) is 28.9. The molecule has 1 aliphatic heterocycles. The average Bonchev–Trinajstić information content (AvgIpc) is 3.21. The maximum Gasteiger partial charge on any atom is 0.245 e. The molecule has 1 heterocycles. The number of ether oxygens (including phenoxy) is 1. The Labute approximate surface area is 270 Å². The van der Waals surface area contributed by atoms with E-state index < -0.39 is 39.5 Å². The van der Waals surface area contributed by atoms with Crippen LogP contribution in [-0.4, -0.2) is 51.0 Å². The van der Waals surface area contributed by atoms with Gasteiger partial charge in [-0.2, -0.15) is 0 Å². The molecular formula is C33H53ClN4O5S. The molecule has 1 saturated carbocycles. The first-order valence-corrected chi connectivity index (χ1v) is 17.5. The first-order chi connectivity index (χ1) is 20.9. The minimum Gasteiger partial charge on any atom is -0.374 e. The van der Waals surface area contributed by atoms with Crippen LogP contribution in [0, 0.1) is 0 Å². The van der Waals surface area contributed by atoms with Crippen LogP contribution in [-0.2, 0) is 31.0 Å². The monoisotopic (exact) mass is 652 g/mol. The third-order valence-electron chi connectivity index (χ3n) is 7.27. The number of carbonyl (C=O) groups excluding carboxylic acids is 2. The molecule has 248 valence electrons. The van der Waals surface area contributed by atoms with Gasteiger partial charge in [0.05, 0.1) is 29.7 Å². The van der Waals surface area contributed by atoms with E-state index >= 15 is 0 Å². The molecule has 2 atom stereocenters. The van der Waals surface area contributed by atoms with E-state index in [1.807, 2.05) is 64.1 Å². The molecule has 11 heteroatoms. The molecule has 1 aliphatic carbocycles. The first-order valence-electron chi connectivity index (χ1n) is 15.6. The summed E-state index contributed by atoms with van der Waals surface area (Å²) in [7, 11) is -3.73. The molecule has 1 fully saturated rings. The van der Waals surface area contributed by atoms with Gasteiger partial charge in [-0.3, -0.25) is 9.59 Å². The highest BCUT2D eigenvalue weighted by Crippen LogP contribution is 2.44. The van der Waals surface area contributed by atoms with E-state index in [4.69, 9.17) is 22.1 Å². The summed E-state index contributed by atoms with van der Waals surface area (Å²) in [4.78, 5) is 25.7. The third-order valence-corrected chi connectivity index (χ3v) is 9.16. The summed E-state index contributed by atoms with van der Waals surface area (Å²) >= 11 is 5.44. The highest BCUT2D eigenvalue weighted by Gasteiger charge is 2.49. The Morgan fingerprint density at radius 3 is 2.25 bits per heavy atom. The van der Waals surface area contributed by atoms with Gasteiger partial charge in [0, 0.05) is 11.6 Å². The van der Waals surface area contributed by atoms with E-state index in [1.54, 1.807) is 0 Å². The lowest BCUT2D eigenvalue weighted by molar-refractivity contribution is -0.131. The molecule has 1 aromatic carbocycles. The molecule has 44 heavy (non-hydrogen) atoms. The van der Waals surface area contributed by atoms with Gasteiger partial charge in [-0.1, -0.05) is 102 Å². The minimum absolute atomic E-state index is 0.0304. The molecule has 0 radical (unpaired) electrons. The van der Waals surface area contributed by atoms with Crippen LogP contribution < -0.4 is 21.1 Å². The zero-order valence-electron chi connectivity index (χ0n) is 27.3. The first kappa shape index (κ1) is 39.5. The Kier molecular flexibility index (Phi) is 17.8. The predicted molar refractivity (Wildman–Crippen MR) is 180 cm³/mol. The van der Waals surface area contributed by atoms with Crippen molar-refractivity contribution in [1.29, 1.82) is 0 Å². The summed E-state index contributed by atoms with van der Waals surface area (Å²) < 4.78 is 34.8. The second-order valence-corrected chi connectivity index (χ2v) is 13.0. The van der Waals surface area contributed by atoms with Crippen LogP contribution >= 0.6 is 11.6 Å². The molecule has 2 amide bonds. The molecular weight excluding hydrogens is 600 g/mol. The van der Waals surface area contributed by atoms with Crippen LogP contribution in [0.4, 0.5) is 0 Å². The molecule has 0 bridgehead atoms. The number of nitrogens with two attached hydrogens (primary N) is 1. The van der Waals surface area contributed by atoms with Crippen molar-refractivity contribution < 1.29 is 22.7 Å². The number of sulfonamides is 1. The lowest BCUT2D eigenvalue weighted by atomic mass is 9.76. The maximum atomic E-state index is 13.2. The second-order valence-electron chi connectivity index (χ2n) is 10.8. The normalized spacial score (nSPS) is 18.2. The number of carbonyl (C=O) groups is 2. The summed E-state index contributed by atoms with van der Waals surface area (Å²) in [5, 5.41) is 6.39. The fourth-order valence-corrected chi connectivity index (χ4v) is 7.27. The average molecular weight is 653 g/mol. The topological polar surface area (TPSA) is 140 Å². The van der Waals surface area contributed by atoms with Crippen molar-refractivity contribution in [1.82, 2.24) is 15.4 Å². The summed E-state index contributed by atoms with van der Waals surface area (Å²) in [6.07, 6.45) is 7.66. The van der Waals surface area contributed by atoms with Crippen molar-refractivity contribution in [3.05, 3.63) is 69.6 Å². The Hall–Kier alpha value is -2.50. The fourth-order valence-electron chi connectivity index (χ4n) is 5.06. The Morgan fingerprint density at radius 2 is 1.75 bits per heavy atom. The highest BCUT2D eigenvalue weighted by molar-refractivity contribution is 7.94. The van der Waals surface area contributed by atoms with E-state index in [9.17, 15) is 18.0 Å². The van der Waals surface area contributed by atoms with Crippen LogP contribution in [0.1, 0.15) is 92.1 Å². The lowest BCUT2D eigenvalue weighted by Crippen LogP contribution is -2.54. The van der Waals surface area contributed by atoms with Gasteiger partial charge < -0.3 is 21.1 Å². The number of hydrogen-bond acceptors (Lipinski definition) is 6. The lowest BCUT2D eigenvalue weighted by Gasteiger charge is -2.35. The van der Waals surface area contributed by atoms with Gasteiger partial charge >= 0.3 is 0 Å². The summed E-state index contributed by atoms with van der Waals surface area (Å²) in [5.74, 6) is -0.951.